The van der Waals surface area contributed by atoms with Gasteiger partial charge in [-0.25, -0.2) is 0 Å². The molecule has 0 saturated carbocycles. The van der Waals surface area contributed by atoms with Crippen molar-refractivity contribution in [2.75, 3.05) is 0 Å². The number of rotatable bonds is 4. The van der Waals surface area contributed by atoms with E-state index in [1.165, 1.54) is 23.1 Å². The zero-order valence-electron chi connectivity index (χ0n) is 9.51. The van der Waals surface area contributed by atoms with Gasteiger partial charge >= 0.3 is 0 Å². The van der Waals surface area contributed by atoms with Crippen molar-refractivity contribution in [3.63, 3.8) is 0 Å². The summed E-state index contributed by atoms with van der Waals surface area (Å²) in [5.74, 6) is 0.666. The van der Waals surface area contributed by atoms with Gasteiger partial charge in [-0.3, -0.25) is 0 Å². The second-order valence-corrected chi connectivity index (χ2v) is 3.89. The van der Waals surface area contributed by atoms with E-state index in [0.29, 0.717) is 5.92 Å². The molecule has 0 aromatic heterocycles. The Bertz CT molecular complexity index is 292. The van der Waals surface area contributed by atoms with Crippen LogP contribution in [0.5, 0.6) is 0 Å². The zero-order chi connectivity index (χ0) is 10.6. The van der Waals surface area contributed by atoms with Gasteiger partial charge in [0.2, 0.25) is 0 Å². The van der Waals surface area contributed by atoms with Gasteiger partial charge in [0.1, 0.15) is 0 Å². The highest BCUT2D eigenvalue weighted by atomic mass is 14.1. The van der Waals surface area contributed by atoms with Crippen LogP contribution in [0.4, 0.5) is 0 Å². The minimum absolute atomic E-state index is 0.666. The van der Waals surface area contributed by atoms with Crippen LogP contribution in [0.3, 0.4) is 0 Å². The van der Waals surface area contributed by atoms with E-state index in [1.54, 1.807) is 0 Å². The van der Waals surface area contributed by atoms with Crippen LogP contribution in [0.25, 0.3) is 5.57 Å². The third kappa shape index (κ3) is 2.47. The molecule has 0 N–H and O–H groups in total. The second kappa shape index (κ2) is 4.99. The average Bonchev–Trinajstić information content (AvgIpc) is 2.27. The van der Waals surface area contributed by atoms with Crippen LogP contribution in [0.15, 0.2) is 30.8 Å². The Balaban J connectivity index is 2.83. The molecule has 76 valence electrons. The first-order valence-electron chi connectivity index (χ1n) is 5.47. The molecular formula is C14H20. The Morgan fingerprint density at radius 3 is 2.21 bits per heavy atom. The topological polar surface area (TPSA) is 0 Å². The summed E-state index contributed by atoms with van der Waals surface area (Å²) in [7, 11) is 0. The van der Waals surface area contributed by atoms with E-state index < -0.39 is 0 Å². The van der Waals surface area contributed by atoms with E-state index in [1.807, 2.05) is 0 Å². The molecule has 0 heterocycles. The third-order valence-electron chi connectivity index (χ3n) is 2.93. The third-order valence-corrected chi connectivity index (χ3v) is 2.93. The van der Waals surface area contributed by atoms with Crippen LogP contribution in [0, 0.1) is 0 Å². The molecule has 0 nitrogen and oxygen atoms in total. The van der Waals surface area contributed by atoms with Crippen molar-refractivity contribution < 1.29 is 0 Å². The fourth-order valence-electron chi connectivity index (χ4n) is 1.49. The predicted octanol–water partition coefficient (Wildman–Crippen LogP) is 4.62. The minimum atomic E-state index is 0.666. The van der Waals surface area contributed by atoms with E-state index >= 15 is 0 Å². The highest BCUT2D eigenvalue weighted by Gasteiger charge is 2.02. The van der Waals surface area contributed by atoms with E-state index in [2.05, 4.69) is 51.6 Å². The monoisotopic (exact) mass is 188 g/mol. The van der Waals surface area contributed by atoms with Gasteiger partial charge in [-0.2, -0.15) is 0 Å². The summed E-state index contributed by atoms with van der Waals surface area (Å²) < 4.78 is 0. The van der Waals surface area contributed by atoms with Gasteiger partial charge in [-0.15, -0.1) is 0 Å². The molecule has 1 unspecified atom stereocenters. The second-order valence-electron chi connectivity index (χ2n) is 3.89. The van der Waals surface area contributed by atoms with Crippen molar-refractivity contribution in [3.8, 4) is 0 Å². The van der Waals surface area contributed by atoms with Crippen LogP contribution in [-0.4, -0.2) is 0 Å². The highest BCUT2D eigenvalue weighted by Crippen LogP contribution is 2.22. The lowest BCUT2D eigenvalue weighted by Gasteiger charge is -2.10. The molecule has 1 rings (SSSR count). The summed E-state index contributed by atoms with van der Waals surface area (Å²) in [6.07, 6.45) is 2.23. The van der Waals surface area contributed by atoms with Gasteiger partial charge in [0.25, 0.3) is 0 Å². The van der Waals surface area contributed by atoms with E-state index in [4.69, 9.17) is 0 Å². The van der Waals surface area contributed by atoms with Crippen molar-refractivity contribution >= 4 is 5.57 Å². The number of hydrogen-bond donors (Lipinski definition) is 0. The summed E-state index contributed by atoms with van der Waals surface area (Å²) in [5, 5.41) is 0. The molecule has 0 fully saturated rings. The largest absolute Gasteiger partial charge is 0.0952 e. The molecular weight excluding hydrogens is 168 g/mol. The molecule has 0 saturated heterocycles. The quantitative estimate of drug-likeness (QED) is 0.646. The van der Waals surface area contributed by atoms with Crippen molar-refractivity contribution in [3.05, 3.63) is 42.0 Å². The normalized spacial score (nSPS) is 12.5. The molecule has 1 atom stereocenters. The average molecular weight is 188 g/mol. The van der Waals surface area contributed by atoms with Crippen LogP contribution in [0.2, 0.25) is 0 Å². The minimum Gasteiger partial charge on any atom is -0.0952 e. The molecule has 0 amide bonds. The first kappa shape index (κ1) is 11.0. The fourth-order valence-corrected chi connectivity index (χ4v) is 1.49. The summed E-state index contributed by atoms with van der Waals surface area (Å²) >= 11 is 0. The van der Waals surface area contributed by atoms with Crippen molar-refractivity contribution in [1.29, 1.82) is 0 Å². The van der Waals surface area contributed by atoms with E-state index in [0.717, 1.165) is 6.42 Å². The van der Waals surface area contributed by atoms with Gasteiger partial charge in [0, 0.05) is 0 Å². The maximum Gasteiger partial charge on any atom is -0.0193 e. The smallest absolute Gasteiger partial charge is 0.0193 e. The lowest BCUT2D eigenvalue weighted by atomic mass is 9.96. The fraction of sp³-hybridized carbons (Fsp3) is 0.429. The first-order valence-corrected chi connectivity index (χ1v) is 5.47. The Morgan fingerprint density at radius 2 is 1.79 bits per heavy atom. The van der Waals surface area contributed by atoms with Crippen LogP contribution in [0.1, 0.15) is 50.7 Å². The van der Waals surface area contributed by atoms with Crippen LogP contribution < -0.4 is 0 Å². The molecule has 1 aromatic carbocycles. The molecule has 0 aliphatic heterocycles. The summed E-state index contributed by atoms with van der Waals surface area (Å²) in [5.41, 5.74) is 3.93. The molecule has 0 heteroatoms. The maximum atomic E-state index is 4.04. The Kier molecular flexibility index (Phi) is 3.94. The van der Waals surface area contributed by atoms with Crippen molar-refractivity contribution in [2.24, 2.45) is 0 Å². The number of benzene rings is 1. The lowest BCUT2D eigenvalue weighted by molar-refractivity contribution is 0.733. The molecule has 0 radical (unpaired) electrons. The van der Waals surface area contributed by atoms with Gasteiger partial charge in [-0.05, 0) is 35.5 Å². The van der Waals surface area contributed by atoms with Gasteiger partial charge in [0.05, 0.1) is 0 Å². The number of hydrogen-bond acceptors (Lipinski definition) is 0. The SMILES string of the molecule is C=C(CC)c1ccc(C(C)CC)cc1. The van der Waals surface area contributed by atoms with Crippen molar-refractivity contribution in [2.45, 2.75) is 39.5 Å². The highest BCUT2D eigenvalue weighted by molar-refractivity contribution is 5.63. The van der Waals surface area contributed by atoms with Crippen LogP contribution >= 0.6 is 0 Å². The van der Waals surface area contributed by atoms with Crippen LogP contribution in [-0.2, 0) is 0 Å². The van der Waals surface area contributed by atoms with Gasteiger partial charge in [-0.1, -0.05) is 51.6 Å². The standard InChI is InChI=1S/C14H20/c1-5-11(3)13-7-9-14(10-8-13)12(4)6-2/h7-10,12H,3,5-6H2,1-2,4H3. The Labute approximate surface area is 87.7 Å². The zero-order valence-corrected chi connectivity index (χ0v) is 9.51. The van der Waals surface area contributed by atoms with Crippen molar-refractivity contribution in [1.82, 2.24) is 0 Å². The Hall–Kier alpha value is -1.04. The van der Waals surface area contributed by atoms with Gasteiger partial charge in [0.15, 0.2) is 0 Å². The lowest BCUT2D eigenvalue weighted by Crippen LogP contribution is -1.91. The molecule has 14 heavy (non-hydrogen) atoms. The molecule has 1 aromatic rings. The predicted molar refractivity (Wildman–Crippen MR) is 64.5 cm³/mol. The summed E-state index contributed by atoms with van der Waals surface area (Å²) in [6.45, 7) is 10.7. The number of allylic oxidation sites excluding steroid dienone is 1. The summed E-state index contributed by atoms with van der Waals surface area (Å²) in [4.78, 5) is 0. The molecule has 0 aliphatic carbocycles. The molecule has 0 spiro atoms. The maximum absolute atomic E-state index is 4.04. The van der Waals surface area contributed by atoms with E-state index in [-0.39, 0.29) is 0 Å². The first-order chi connectivity index (χ1) is 6.69. The molecule has 0 bridgehead atoms. The van der Waals surface area contributed by atoms with Gasteiger partial charge < -0.3 is 0 Å². The molecule has 0 aliphatic rings. The Morgan fingerprint density at radius 1 is 1.21 bits per heavy atom. The van der Waals surface area contributed by atoms with E-state index in [9.17, 15) is 0 Å². The summed E-state index contributed by atoms with van der Waals surface area (Å²) in [6, 6.07) is 8.83.